The van der Waals surface area contributed by atoms with E-state index in [0.717, 1.165) is 4.90 Å². The topological polar surface area (TPSA) is 29.1 Å². The molecule has 0 saturated carbocycles. The molecule has 0 radical (unpaired) electrons. The molecular formula is C12H15NOS. The van der Waals surface area contributed by atoms with Crippen LogP contribution in [0.15, 0.2) is 29.2 Å². The molecule has 0 aromatic heterocycles. The van der Waals surface area contributed by atoms with Crippen LogP contribution >= 0.6 is 0 Å². The normalized spacial score (nSPS) is 12.4. The molecule has 0 spiro atoms. The lowest BCUT2D eigenvalue weighted by Gasteiger charge is -2.06. The van der Waals surface area contributed by atoms with Gasteiger partial charge in [-0.2, -0.15) is 0 Å². The van der Waals surface area contributed by atoms with Crippen molar-refractivity contribution in [3.05, 3.63) is 29.8 Å². The SMILES string of the molecule is C#CCNS(=O)c1ccc(C(C)C)cc1. The minimum Gasteiger partial charge on any atom is -0.237 e. The number of hydrogen-bond donors (Lipinski definition) is 1. The summed E-state index contributed by atoms with van der Waals surface area (Å²) in [5.74, 6) is 2.89. The Morgan fingerprint density at radius 3 is 2.47 bits per heavy atom. The van der Waals surface area contributed by atoms with E-state index in [4.69, 9.17) is 6.42 Å². The van der Waals surface area contributed by atoms with Crippen LogP contribution in [0.25, 0.3) is 0 Å². The Kier molecular flexibility index (Phi) is 4.54. The van der Waals surface area contributed by atoms with Crippen LogP contribution in [0, 0.1) is 12.3 Å². The van der Waals surface area contributed by atoms with Crippen molar-refractivity contribution >= 4 is 11.0 Å². The van der Waals surface area contributed by atoms with Crippen molar-refractivity contribution in [2.24, 2.45) is 0 Å². The first-order valence-corrected chi connectivity index (χ1v) is 5.99. The molecule has 15 heavy (non-hydrogen) atoms. The third-order valence-electron chi connectivity index (χ3n) is 2.07. The van der Waals surface area contributed by atoms with Crippen molar-refractivity contribution in [3.63, 3.8) is 0 Å². The molecule has 0 saturated heterocycles. The summed E-state index contributed by atoms with van der Waals surface area (Å²) in [5, 5.41) is 0. The largest absolute Gasteiger partial charge is 0.237 e. The summed E-state index contributed by atoms with van der Waals surface area (Å²) in [6.07, 6.45) is 5.07. The van der Waals surface area contributed by atoms with Gasteiger partial charge < -0.3 is 0 Å². The first-order valence-electron chi connectivity index (χ1n) is 4.84. The monoisotopic (exact) mass is 221 g/mol. The minimum atomic E-state index is -1.20. The van der Waals surface area contributed by atoms with Crippen LogP contribution < -0.4 is 4.72 Å². The molecule has 1 unspecified atom stereocenters. The van der Waals surface area contributed by atoms with E-state index in [1.54, 1.807) is 0 Å². The van der Waals surface area contributed by atoms with Crippen LogP contribution in [-0.4, -0.2) is 10.8 Å². The highest BCUT2D eigenvalue weighted by Gasteiger charge is 2.03. The molecule has 3 heteroatoms. The highest BCUT2D eigenvalue weighted by atomic mass is 32.2. The molecule has 0 aliphatic heterocycles. The van der Waals surface area contributed by atoms with Crippen molar-refractivity contribution in [2.75, 3.05) is 6.54 Å². The standard InChI is InChI=1S/C12H15NOS/c1-4-9-13-15(14)12-7-5-11(6-8-12)10(2)3/h1,5-8,10,13H,9H2,2-3H3. The summed E-state index contributed by atoms with van der Waals surface area (Å²) in [7, 11) is -1.20. The molecule has 1 aromatic rings. The van der Waals surface area contributed by atoms with Gasteiger partial charge >= 0.3 is 0 Å². The predicted octanol–water partition coefficient (Wildman–Crippen LogP) is 2.06. The van der Waals surface area contributed by atoms with Crippen molar-refractivity contribution in [1.29, 1.82) is 0 Å². The Labute approximate surface area is 93.7 Å². The lowest BCUT2D eigenvalue weighted by atomic mass is 10.0. The van der Waals surface area contributed by atoms with Crippen molar-refractivity contribution in [1.82, 2.24) is 4.72 Å². The van der Waals surface area contributed by atoms with E-state index >= 15 is 0 Å². The Morgan fingerprint density at radius 1 is 1.40 bits per heavy atom. The Balaban J connectivity index is 2.72. The minimum absolute atomic E-state index is 0.318. The first kappa shape index (κ1) is 12.0. The zero-order valence-electron chi connectivity index (χ0n) is 8.99. The number of hydrogen-bond acceptors (Lipinski definition) is 1. The zero-order valence-corrected chi connectivity index (χ0v) is 9.80. The molecule has 1 N–H and O–H groups in total. The Hall–Kier alpha value is -1.11. The molecule has 80 valence electrons. The van der Waals surface area contributed by atoms with Crippen LogP contribution in [0.2, 0.25) is 0 Å². The molecule has 1 rings (SSSR count). The maximum atomic E-state index is 11.6. The highest BCUT2D eigenvalue weighted by Crippen LogP contribution is 2.15. The smallest absolute Gasteiger partial charge is 0.125 e. The Morgan fingerprint density at radius 2 is 2.00 bits per heavy atom. The molecular weight excluding hydrogens is 206 g/mol. The van der Waals surface area contributed by atoms with E-state index in [-0.39, 0.29) is 0 Å². The second kappa shape index (κ2) is 5.69. The van der Waals surface area contributed by atoms with Crippen LogP contribution in [-0.2, 0) is 11.0 Å². The fourth-order valence-electron chi connectivity index (χ4n) is 1.17. The molecule has 0 bridgehead atoms. The van der Waals surface area contributed by atoms with Gasteiger partial charge in [-0.15, -0.1) is 6.42 Å². The van der Waals surface area contributed by atoms with E-state index in [1.165, 1.54) is 5.56 Å². The molecule has 0 aliphatic rings. The fourth-order valence-corrected chi connectivity index (χ4v) is 1.93. The second-order valence-electron chi connectivity index (χ2n) is 3.52. The van der Waals surface area contributed by atoms with E-state index in [2.05, 4.69) is 24.5 Å². The van der Waals surface area contributed by atoms with E-state index in [9.17, 15) is 4.21 Å². The Bertz CT molecular complexity index is 376. The van der Waals surface area contributed by atoms with Gasteiger partial charge in [0, 0.05) is 0 Å². The third-order valence-corrected chi connectivity index (χ3v) is 3.17. The van der Waals surface area contributed by atoms with Gasteiger partial charge in [-0.3, -0.25) is 0 Å². The summed E-state index contributed by atoms with van der Waals surface area (Å²) in [4.78, 5) is 0.759. The molecule has 0 aliphatic carbocycles. The number of terminal acetylenes is 1. The van der Waals surface area contributed by atoms with Gasteiger partial charge in [0.15, 0.2) is 0 Å². The maximum absolute atomic E-state index is 11.6. The number of nitrogens with one attached hydrogen (secondary N) is 1. The third kappa shape index (κ3) is 3.50. The van der Waals surface area contributed by atoms with Crippen molar-refractivity contribution in [3.8, 4) is 12.3 Å². The molecule has 0 fully saturated rings. The van der Waals surface area contributed by atoms with E-state index < -0.39 is 11.0 Å². The lowest BCUT2D eigenvalue weighted by Crippen LogP contribution is -2.17. The maximum Gasteiger partial charge on any atom is 0.125 e. The van der Waals surface area contributed by atoms with Gasteiger partial charge in [-0.1, -0.05) is 31.9 Å². The summed E-state index contributed by atoms with van der Waals surface area (Å²) in [6.45, 7) is 4.57. The molecule has 1 aromatic carbocycles. The van der Waals surface area contributed by atoms with E-state index in [0.29, 0.717) is 12.5 Å². The average Bonchev–Trinajstić information content (AvgIpc) is 2.26. The van der Waals surface area contributed by atoms with Gasteiger partial charge in [0.25, 0.3) is 0 Å². The van der Waals surface area contributed by atoms with Gasteiger partial charge in [0.1, 0.15) is 11.0 Å². The van der Waals surface area contributed by atoms with Crippen LogP contribution in [0.3, 0.4) is 0 Å². The molecule has 0 amide bonds. The summed E-state index contributed by atoms with van der Waals surface area (Å²) in [6, 6.07) is 7.73. The quantitative estimate of drug-likeness (QED) is 0.775. The van der Waals surface area contributed by atoms with Crippen LogP contribution in [0.4, 0.5) is 0 Å². The molecule has 0 heterocycles. The molecule has 1 atom stereocenters. The van der Waals surface area contributed by atoms with Gasteiger partial charge in [-0.05, 0) is 23.6 Å². The summed E-state index contributed by atoms with van der Waals surface area (Å²) in [5.41, 5.74) is 1.24. The highest BCUT2D eigenvalue weighted by molar-refractivity contribution is 7.83. The molecule has 2 nitrogen and oxygen atoms in total. The fraction of sp³-hybridized carbons (Fsp3) is 0.333. The summed E-state index contributed by atoms with van der Waals surface area (Å²) >= 11 is 0. The van der Waals surface area contributed by atoms with E-state index in [1.807, 2.05) is 24.3 Å². The second-order valence-corrected chi connectivity index (χ2v) is 4.82. The van der Waals surface area contributed by atoms with Crippen LogP contribution in [0.1, 0.15) is 25.3 Å². The van der Waals surface area contributed by atoms with Gasteiger partial charge in [0.05, 0.1) is 11.4 Å². The lowest BCUT2D eigenvalue weighted by molar-refractivity contribution is 0.676. The predicted molar refractivity (Wildman–Crippen MR) is 63.8 cm³/mol. The van der Waals surface area contributed by atoms with Crippen molar-refractivity contribution in [2.45, 2.75) is 24.7 Å². The van der Waals surface area contributed by atoms with Crippen molar-refractivity contribution < 1.29 is 4.21 Å². The van der Waals surface area contributed by atoms with Gasteiger partial charge in [-0.25, -0.2) is 8.93 Å². The number of benzene rings is 1. The summed E-state index contributed by atoms with van der Waals surface area (Å²) < 4.78 is 14.3. The van der Waals surface area contributed by atoms with Gasteiger partial charge in [0.2, 0.25) is 0 Å². The van der Waals surface area contributed by atoms with Crippen LogP contribution in [0.5, 0.6) is 0 Å². The number of rotatable bonds is 4. The zero-order chi connectivity index (χ0) is 11.3. The first-order chi connectivity index (χ1) is 7.15. The average molecular weight is 221 g/mol.